The number of rotatable bonds is 3. The number of carboxylic acids is 1. The molecule has 3 nitrogen and oxygen atoms in total. The standard InChI is InChI=1S/C14H15NO2/c1-3-9(2)11-8-15-12-7-5-4-6-10(12)13(11)14(16)17/h4-9H,3H2,1-2H3,(H,16,17). The SMILES string of the molecule is CCC(C)c1cnc2ccccc2c1C(=O)O. The van der Waals surface area contributed by atoms with Gasteiger partial charge in [0.1, 0.15) is 0 Å². The Labute approximate surface area is 100 Å². The number of aromatic nitrogens is 1. The van der Waals surface area contributed by atoms with Gasteiger partial charge in [0.2, 0.25) is 0 Å². The Kier molecular flexibility index (Phi) is 3.09. The first kappa shape index (κ1) is 11.6. The molecule has 1 unspecified atom stereocenters. The third-order valence-corrected chi connectivity index (χ3v) is 3.16. The van der Waals surface area contributed by atoms with Gasteiger partial charge in [0.15, 0.2) is 0 Å². The minimum absolute atomic E-state index is 0.207. The summed E-state index contributed by atoms with van der Waals surface area (Å²) in [6, 6.07) is 7.36. The van der Waals surface area contributed by atoms with Crippen molar-refractivity contribution in [1.82, 2.24) is 4.98 Å². The number of para-hydroxylation sites is 1. The summed E-state index contributed by atoms with van der Waals surface area (Å²) in [6.07, 6.45) is 2.60. The Morgan fingerprint density at radius 3 is 2.76 bits per heavy atom. The molecule has 1 atom stereocenters. The van der Waals surface area contributed by atoms with Crippen molar-refractivity contribution in [2.24, 2.45) is 0 Å². The molecule has 2 rings (SSSR count). The van der Waals surface area contributed by atoms with Crippen molar-refractivity contribution in [2.45, 2.75) is 26.2 Å². The molecule has 88 valence electrons. The maximum absolute atomic E-state index is 11.4. The monoisotopic (exact) mass is 229 g/mol. The van der Waals surface area contributed by atoms with Crippen molar-refractivity contribution in [3.8, 4) is 0 Å². The van der Waals surface area contributed by atoms with E-state index in [2.05, 4.69) is 4.98 Å². The molecule has 0 saturated heterocycles. The Morgan fingerprint density at radius 2 is 2.12 bits per heavy atom. The average Bonchev–Trinajstić information content (AvgIpc) is 2.36. The van der Waals surface area contributed by atoms with Crippen LogP contribution in [0.25, 0.3) is 10.9 Å². The third-order valence-electron chi connectivity index (χ3n) is 3.16. The summed E-state index contributed by atoms with van der Waals surface area (Å²) in [5.74, 6) is -0.669. The van der Waals surface area contributed by atoms with E-state index in [9.17, 15) is 9.90 Å². The Bertz CT molecular complexity index is 563. The molecule has 1 aromatic carbocycles. The first-order chi connectivity index (χ1) is 8.15. The van der Waals surface area contributed by atoms with Crippen LogP contribution >= 0.6 is 0 Å². The molecular formula is C14H15NO2. The molecule has 0 saturated carbocycles. The number of aromatic carboxylic acids is 1. The van der Waals surface area contributed by atoms with Crippen LogP contribution in [0.5, 0.6) is 0 Å². The van der Waals surface area contributed by atoms with Gasteiger partial charge in [-0.25, -0.2) is 4.79 Å². The first-order valence-electron chi connectivity index (χ1n) is 5.76. The number of fused-ring (bicyclic) bond motifs is 1. The van der Waals surface area contributed by atoms with Gasteiger partial charge in [-0.15, -0.1) is 0 Å². The topological polar surface area (TPSA) is 50.2 Å². The van der Waals surface area contributed by atoms with E-state index in [0.29, 0.717) is 5.56 Å². The molecule has 0 bridgehead atoms. The molecule has 0 amide bonds. The van der Waals surface area contributed by atoms with Gasteiger partial charge in [0.05, 0.1) is 11.1 Å². The van der Waals surface area contributed by atoms with E-state index in [-0.39, 0.29) is 5.92 Å². The molecule has 2 aromatic rings. The molecule has 1 heterocycles. The van der Waals surface area contributed by atoms with E-state index in [0.717, 1.165) is 22.9 Å². The lowest BCUT2D eigenvalue weighted by Gasteiger charge is -2.13. The van der Waals surface area contributed by atoms with E-state index in [1.807, 2.05) is 38.1 Å². The van der Waals surface area contributed by atoms with Gasteiger partial charge in [-0.1, -0.05) is 32.0 Å². The average molecular weight is 229 g/mol. The molecule has 17 heavy (non-hydrogen) atoms. The van der Waals surface area contributed by atoms with Gasteiger partial charge < -0.3 is 5.11 Å². The summed E-state index contributed by atoms with van der Waals surface area (Å²) in [6.45, 7) is 4.07. The van der Waals surface area contributed by atoms with Crippen molar-refractivity contribution in [3.05, 3.63) is 41.6 Å². The van der Waals surface area contributed by atoms with E-state index in [1.54, 1.807) is 6.20 Å². The minimum Gasteiger partial charge on any atom is -0.478 e. The molecule has 0 aliphatic carbocycles. The van der Waals surface area contributed by atoms with Gasteiger partial charge in [-0.3, -0.25) is 4.98 Å². The third kappa shape index (κ3) is 2.00. The van der Waals surface area contributed by atoms with E-state index >= 15 is 0 Å². The second kappa shape index (κ2) is 4.53. The molecule has 0 radical (unpaired) electrons. The maximum atomic E-state index is 11.4. The number of hydrogen-bond acceptors (Lipinski definition) is 2. The molecular weight excluding hydrogens is 214 g/mol. The van der Waals surface area contributed by atoms with Crippen LogP contribution in [0.3, 0.4) is 0 Å². The van der Waals surface area contributed by atoms with Crippen molar-refractivity contribution in [1.29, 1.82) is 0 Å². The Balaban J connectivity index is 2.77. The summed E-state index contributed by atoms with van der Waals surface area (Å²) in [7, 11) is 0. The van der Waals surface area contributed by atoms with Crippen LogP contribution in [-0.4, -0.2) is 16.1 Å². The van der Waals surface area contributed by atoms with Crippen molar-refractivity contribution in [3.63, 3.8) is 0 Å². The highest BCUT2D eigenvalue weighted by Gasteiger charge is 2.18. The highest BCUT2D eigenvalue weighted by molar-refractivity contribution is 6.03. The normalized spacial score (nSPS) is 12.6. The summed E-state index contributed by atoms with van der Waals surface area (Å²) in [5.41, 5.74) is 1.95. The zero-order valence-corrected chi connectivity index (χ0v) is 9.97. The number of pyridine rings is 1. The molecule has 0 aliphatic heterocycles. The second-order valence-electron chi connectivity index (χ2n) is 4.22. The Hall–Kier alpha value is -1.90. The molecule has 1 aromatic heterocycles. The van der Waals surface area contributed by atoms with Crippen molar-refractivity contribution in [2.75, 3.05) is 0 Å². The van der Waals surface area contributed by atoms with Crippen LogP contribution < -0.4 is 0 Å². The van der Waals surface area contributed by atoms with Gasteiger partial charge >= 0.3 is 5.97 Å². The van der Waals surface area contributed by atoms with Crippen LogP contribution in [-0.2, 0) is 0 Å². The summed E-state index contributed by atoms with van der Waals surface area (Å²) in [5, 5.41) is 10.1. The molecule has 1 N–H and O–H groups in total. The van der Waals surface area contributed by atoms with Gasteiger partial charge in [-0.05, 0) is 24.0 Å². The fourth-order valence-electron chi connectivity index (χ4n) is 1.99. The first-order valence-corrected chi connectivity index (χ1v) is 5.76. The number of nitrogens with zero attached hydrogens (tertiary/aromatic N) is 1. The second-order valence-corrected chi connectivity index (χ2v) is 4.22. The van der Waals surface area contributed by atoms with Gasteiger partial charge in [0.25, 0.3) is 0 Å². The molecule has 0 spiro atoms. The highest BCUT2D eigenvalue weighted by atomic mass is 16.4. The quantitative estimate of drug-likeness (QED) is 0.877. The van der Waals surface area contributed by atoms with Crippen LogP contribution in [0, 0.1) is 0 Å². The number of hydrogen-bond donors (Lipinski definition) is 1. The fourth-order valence-corrected chi connectivity index (χ4v) is 1.99. The smallest absolute Gasteiger partial charge is 0.336 e. The lowest BCUT2D eigenvalue weighted by atomic mass is 9.93. The minimum atomic E-state index is -0.876. The largest absolute Gasteiger partial charge is 0.478 e. The Morgan fingerprint density at radius 1 is 1.41 bits per heavy atom. The summed E-state index contributed by atoms with van der Waals surface area (Å²) in [4.78, 5) is 15.8. The number of benzene rings is 1. The van der Waals surface area contributed by atoms with Gasteiger partial charge in [-0.2, -0.15) is 0 Å². The van der Waals surface area contributed by atoms with E-state index in [1.165, 1.54) is 0 Å². The number of carbonyl (C=O) groups is 1. The van der Waals surface area contributed by atoms with Crippen LogP contribution in [0.1, 0.15) is 42.1 Å². The summed E-state index contributed by atoms with van der Waals surface area (Å²) < 4.78 is 0. The predicted octanol–water partition coefficient (Wildman–Crippen LogP) is 3.45. The van der Waals surface area contributed by atoms with E-state index in [4.69, 9.17) is 0 Å². The molecule has 0 fully saturated rings. The van der Waals surface area contributed by atoms with Gasteiger partial charge in [0, 0.05) is 11.6 Å². The highest BCUT2D eigenvalue weighted by Crippen LogP contribution is 2.27. The summed E-state index contributed by atoms with van der Waals surface area (Å²) >= 11 is 0. The fraction of sp³-hybridized carbons (Fsp3) is 0.286. The lowest BCUT2D eigenvalue weighted by molar-refractivity contribution is 0.0697. The predicted molar refractivity (Wildman–Crippen MR) is 67.4 cm³/mol. The maximum Gasteiger partial charge on any atom is 0.336 e. The van der Waals surface area contributed by atoms with Crippen LogP contribution in [0.15, 0.2) is 30.5 Å². The lowest BCUT2D eigenvalue weighted by Crippen LogP contribution is -2.07. The zero-order chi connectivity index (χ0) is 12.4. The van der Waals surface area contributed by atoms with E-state index < -0.39 is 5.97 Å². The molecule has 3 heteroatoms. The number of carboxylic acid groups (broad SMARTS) is 1. The van der Waals surface area contributed by atoms with Crippen LogP contribution in [0.2, 0.25) is 0 Å². The zero-order valence-electron chi connectivity index (χ0n) is 9.97. The molecule has 0 aliphatic rings. The van der Waals surface area contributed by atoms with Crippen molar-refractivity contribution >= 4 is 16.9 Å². The van der Waals surface area contributed by atoms with Crippen molar-refractivity contribution < 1.29 is 9.90 Å². The van der Waals surface area contributed by atoms with Crippen LogP contribution in [0.4, 0.5) is 0 Å².